The second kappa shape index (κ2) is 9.63. The van der Waals surface area contributed by atoms with Gasteiger partial charge in [0.25, 0.3) is 0 Å². The van der Waals surface area contributed by atoms with Gasteiger partial charge in [0.05, 0.1) is 14.2 Å². The molecule has 23 heavy (non-hydrogen) atoms. The number of halogens is 1. The van der Waals surface area contributed by atoms with Gasteiger partial charge in [-0.05, 0) is 56.5 Å². The van der Waals surface area contributed by atoms with Crippen LogP contribution in [-0.4, -0.2) is 39.3 Å². The van der Waals surface area contributed by atoms with Gasteiger partial charge >= 0.3 is 0 Å². The molecule has 0 radical (unpaired) electrons. The Balaban J connectivity index is 0.00000264. The average Bonchev–Trinajstić information content (AvgIpc) is 2.54. The summed E-state index contributed by atoms with van der Waals surface area (Å²) in [6.07, 6.45) is 2.56. The lowest BCUT2D eigenvalue weighted by atomic mass is 9.92. The summed E-state index contributed by atoms with van der Waals surface area (Å²) in [7, 11) is 3.30. The van der Waals surface area contributed by atoms with Crippen LogP contribution in [0.4, 0.5) is 0 Å². The summed E-state index contributed by atoms with van der Waals surface area (Å²) in [5.41, 5.74) is 1.04. The van der Waals surface area contributed by atoms with Crippen molar-refractivity contribution in [2.45, 2.75) is 32.2 Å². The molecule has 1 aromatic carbocycles. The predicted molar refractivity (Wildman–Crippen MR) is 93.7 cm³/mol. The minimum Gasteiger partial charge on any atom is -0.497 e. The largest absolute Gasteiger partial charge is 0.497 e. The molecule has 1 heterocycles. The quantitative estimate of drug-likeness (QED) is 0.832. The minimum atomic E-state index is 0. The van der Waals surface area contributed by atoms with Crippen molar-refractivity contribution in [3.8, 4) is 11.5 Å². The maximum absolute atomic E-state index is 12.2. The van der Waals surface area contributed by atoms with Crippen LogP contribution in [0.1, 0.15) is 25.3 Å². The lowest BCUT2D eigenvalue weighted by Gasteiger charge is -2.27. The molecule has 130 valence electrons. The van der Waals surface area contributed by atoms with E-state index in [1.807, 2.05) is 18.2 Å². The SMILES string of the molecule is COc1ccc(OC)c(CCNC(=O)[C@H]2CCN[C@@H](C)C2)c1.Cl. The Morgan fingerprint density at radius 2 is 2.13 bits per heavy atom. The van der Waals surface area contributed by atoms with Crippen LogP contribution in [0.25, 0.3) is 0 Å². The summed E-state index contributed by atoms with van der Waals surface area (Å²) in [5, 5.41) is 6.41. The van der Waals surface area contributed by atoms with Crippen LogP contribution < -0.4 is 20.1 Å². The first-order valence-electron chi connectivity index (χ1n) is 7.86. The van der Waals surface area contributed by atoms with E-state index in [9.17, 15) is 4.79 Å². The molecule has 5 nitrogen and oxygen atoms in total. The van der Waals surface area contributed by atoms with Crippen molar-refractivity contribution in [2.24, 2.45) is 5.92 Å². The van der Waals surface area contributed by atoms with E-state index in [1.54, 1.807) is 14.2 Å². The van der Waals surface area contributed by atoms with Crippen LogP contribution in [0, 0.1) is 5.92 Å². The number of hydrogen-bond acceptors (Lipinski definition) is 4. The molecule has 2 rings (SSSR count). The fourth-order valence-corrected chi connectivity index (χ4v) is 2.91. The number of amides is 1. The van der Waals surface area contributed by atoms with E-state index in [-0.39, 0.29) is 24.2 Å². The van der Waals surface area contributed by atoms with Crippen molar-refractivity contribution < 1.29 is 14.3 Å². The van der Waals surface area contributed by atoms with Gasteiger partial charge in [0.15, 0.2) is 0 Å². The van der Waals surface area contributed by atoms with Gasteiger partial charge in [-0.25, -0.2) is 0 Å². The summed E-state index contributed by atoms with van der Waals surface area (Å²) in [4.78, 5) is 12.2. The molecule has 0 spiro atoms. The fourth-order valence-electron chi connectivity index (χ4n) is 2.91. The van der Waals surface area contributed by atoms with Gasteiger partial charge in [-0.3, -0.25) is 4.79 Å². The molecule has 1 fully saturated rings. The third-order valence-corrected chi connectivity index (χ3v) is 4.18. The van der Waals surface area contributed by atoms with Gasteiger partial charge in [0.1, 0.15) is 11.5 Å². The van der Waals surface area contributed by atoms with Gasteiger partial charge < -0.3 is 20.1 Å². The lowest BCUT2D eigenvalue weighted by molar-refractivity contribution is -0.126. The first-order valence-corrected chi connectivity index (χ1v) is 7.86. The number of hydrogen-bond donors (Lipinski definition) is 2. The summed E-state index contributed by atoms with van der Waals surface area (Å²) < 4.78 is 10.6. The van der Waals surface area contributed by atoms with Gasteiger partial charge in [-0.2, -0.15) is 0 Å². The number of ether oxygens (including phenoxy) is 2. The molecule has 2 N–H and O–H groups in total. The molecule has 0 aromatic heterocycles. The maximum atomic E-state index is 12.2. The highest BCUT2D eigenvalue weighted by Crippen LogP contribution is 2.24. The van der Waals surface area contributed by atoms with Crippen LogP contribution in [0.3, 0.4) is 0 Å². The summed E-state index contributed by atoms with van der Waals surface area (Å²) >= 11 is 0. The monoisotopic (exact) mass is 342 g/mol. The molecule has 0 bridgehead atoms. The van der Waals surface area contributed by atoms with Gasteiger partial charge in [0.2, 0.25) is 5.91 Å². The Morgan fingerprint density at radius 1 is 1.35 bits per heavy atom. The van der Waals surface area contributed by atoms with E-state index in [2.05, 4.69) is 17.6 Å². The van der Waals surface area contributed by atoms with Crippen molar-refractivity contribution in [3.05, 3.63) is 23.8 Å². The Labute approximate surface area is 144 Å². The Morgan fingerprint density at radius 3 is 2.78 bits per heavy atom. The Kier molecular flexibility index (Phi) is 8.20. The molecule has 1 aliphatic rings. The third-order valence-electron chi connectivity index (χ3n) is 4.18. The van der Waals surface area contributed by atoms with E-state index in [0.717, 1.165) is 42.9 Å². The van der Waals surface area contributed by atoms with Crippen molar-refractivity contribution in [1.29, 1.82) is 0 Å². The molecule has 6 heteroatoms. The third kappa shape index (κ3) is 5.59. The van der Waals surface area contributed by atoms with Crippen LogP contribution in [0.15, 0.2) is 18.2 Å². The van der Waals surface area contributed by atoms with E-state index in [0.29, 0.717) is 12.6 Å². The van der Waals surface area contributed by atoms with Gasteiger partial charge in [-0.15, -0.1) is 12.4 Å². The van der Waals surface area contributed by atoms with Crippen molar-refractivity contribution in [1.82, 2.24) is 10.6 Å². The standard InChI is InChI=1S/C17H26N2O3.ClH/c1-12-10-14(7-8-18-12)17(20)19-9-6-13-11-15(21-2)4-5-16(13)22-3;/h4-5,11-12,14,18H,6-10H2,1-3H3,(H,19,20);1H/t12-,14-;/m0./s1. The molecule has 1 aliphatic heterocycles. The topological polar surface area (TPSA) is 59.6 Å². The molecular formula is C17H27ClN2O3. The first kappa shape index (κ1) is 19.6. The van der Waals surface area contributed by atoms with E-state index in [1.165, 1.54) is 0 Å². The number of piperidine rings is 1. The normalized spacial score (nSPS) is 20.3. The molecule has 0 unspecified atom stereocenters. The highest BCUT2D eigenvalue weighted by atomic mass is 35.5. The number of carbonyl (C=O) groups excluding carboxylic acids is 1. The predicted octanol–water partition coefficient (Wildman–Crippen LogP) is 2.17. The number of methoxy groups -OCH3 is 2. The molecule has 0 aliphatic carbocycles. The second-order valence-corrected chi connectivity index (χ2v) is 5.80. The first-order chi connectivity index (χ1) is 10.6. The van der Waals surface area contributed by atoms with Crippen molar-refractivity contribution >= 4 is 18.3 Å². The minimum absolute atomic E-state index is 0. The fraction of sp³-hybridized carbons (Fsp3) is 0.588. The Hall–Kier alpha value is -1.46. The number of nitrogens with one attached hydrogen (secondary N) is 2. The zero-order valence-corrected chi connectivity index (χ0v) is 14.9. The maximum Gasteiger partial charge on any atom is 0.223 e. The number of benzene rings is 1. The van der Waals surface area contributed by atoms with Crippen LogP contribution in [-0.2, 0) is 11.2 Å². The summed E-state index contributed by atoms with van der Waals surface area (Å²) in [6, 6.07) is 6.14. The van der Waals surface area contributed by atoms with Crippen molar-refractivity contribution in [2.75, 3.05) is 27.3 Å². The van der Waals surface area contributed by atoms with E-state index >= 15 is 0 Å². The van der Waals surface area contributed by atoms with Gasteiger partial charge in [-0.1, -0.05) is 0 Å². The highest BCUT2D eigenvalue weighted by Gasteiger charge is 2.24. The second-order valence-electron chi connectivity index (χ2n) is 5.80. The van der Waals surface area contributed by atoms with Gasteiger partial charge in [0, 0.05) is 18.5 Å². The molecule has 1 aromatic rings. The Bertz CT molecular complexity index is 511. The molecular weight excluding hydrogens is 316 g/mol. The zero-order valence-electron chi connectivity index (χ0n) is 14.1. The smallest absolute Gasteiger partial charge is 0.223 e. The zero-order chi connectivity index (χ0) is 15.9. The van der Waals surface area contributed by atoms with Crippen LogP contribution in [0.5, 0.6) is 11.5 Å². The average molecular weight is 343 g/mol. The number of carbonyl (C=O) groups is 1. The number of rotatable bonds is 6. The van der Waals surface area contributed by atoms with Crippen molar-refractivity contribution in [3.63, 3.8) is 0 Å². The molecule has 1 saturated heterocycles. The lowest BCUT2D eigenvalue weighted by Crippen LogP contribution is -2.42. The summed E-state index contributed by atoms with van der Waals surface area (Å²) in [5.74, 6) is 1.92. The molecule has 1 amide bonds. The van der Waals surface area contributed by atoms with Crippen LogP contribution >= 0.6 is 12.4 Å². The molecule has 0 saturated carbocycles. The van der Waals surface area contributed by atoms with E-state index < -0.39 is 0 Å². The van der Waals surface area contributed by atoms with Crippen LogP contribution in [0.2, 0.25) is 0 Å². The molecule has 2 atom stereocenters. The summed E-state index contributed by atoms with van der Waals surface area (Å²) in [6.45, 7) is 3.66. The highest BCUT2D eigenvalue weighted by molar-refractivity contribution is 5.85. The van der Waals surface area contributed by atoms with E-state index in [4.69, 9.17) is 9.47 Å².